The maximum atomic E-state index is 14.3. The molecule has 1 rings (SSSR count). The van der Waals surface area contributed by atoms with Gasteiger partial charge in [-0.05, 0) is 141 Å². The van der Waals surface area contributed by atoms with Crippen LogP contribution < -0.4 is 82.7 Å². The molecule has 0 radical (unpaired) electrons. The number of carbonyl (C=O) groups is 8. The molecule has 1 aliphatic rings. The van der Waals surface area contributed by atoms with Gasteiger partial charge in [-0.2, -0.15) is 12.6 Å². The van der Waals surface area contributed by atoms with E-state index in [-0.39, 0.29) is 62.7 Å². The molecule has 0 aromatic carbocycles. The van der Waals surface area contributed by atoms with Crippen molar-refractivity contribution in [1.29, 1.82) is 0 Å². The molecule has 8 unspecified atom stereocenters. The summed E-state index contributed by atoms with van der Waals surface area (Å²) < 4.78 is 0. The SMILES string of the molecule is CC(C)C(NC(=O)C(CCCCN)NC(=O)C(CCCN=C(N)N)NC(=O)C(CCCCN)NC(=O)C(CCCCN)NC(=O)C(CCCCN)NC(=O)C1CCCN1)C(=O)NC(CS)C(N)=O. The van der Waals surface area contributed by atoms with Gasteiger partial charge in [-0.1, -0.05) is 13.8 Å². The summed E-state index contributed by atoms with van der Waals surface area (Å²) in [5.41, 5.74) is 39.4. The number of hydrogen-bond acceptors (Lipinski definition) is 15. The lowest BCUT2D eigenvalue weighted by Gasteiger charge is -2.29. The lowest BCUT2D eigenvalue weighted by atomic mass is 10.0. The second-order valence-corrected chi connectivity index (χ2v) is 17.8. The molecule has 0 spiro atoms. The minimum Gasteiger partial charge on any atom is -0.370 e. The molecule has 68 heavy (non-hydrogen) atoms. The number of aliphatic imine (C=N–C) groups is 1. The number of guanidine groups is 1. The van der Waals surface area contributed by atoms with Gasteiger partial charge in [-0.25, -0.2) is 0 Å². The summed E-state index contributed by atoms with van der Waals surface area (Å²) in [6, 6.07) is -8.44. The van der Waals surface area contributed by atoms with Gasteiger partial charge in [0.1, 0.15) is 42.3 Å². The van der Waals surface area contributed by atoms with Gasteiger partial charge in [0.15, 0.2) is 5.96 Å². The summed E-state index contributed by atoms with van der Waals surface area (Å²) in [7, 11) is 0. The molecule has 390 valence electrons. The van der Waals surface area contributed by atoms with Crippen molar-refractivity contribution >= 4 is 65.8 Å². The molecule has 1 heterocycles. The highest BCUT2D eigenvalue weighted by Gasteiger charge is 2.35. The zero-order valence-electron chi connectivity index (χ0n) is 40.2. The van der Waals surface area contributed by atoms with Crippen LogP contribution in [-0.2, 0) is 38.4 Å². The van der Waals surface area contributed by atoms with Crippen molar-refractivity contribution in [2.24, 2.45) is 51.0 Å². The van der Waals surface area contributed by atoms with Crippen molar-refractivity contribution in [3.05, 3.63) is 0 Å². The van der Waals surface area contributed by atoms with Crippen LogP contribution in [0.15, 0.2) is 4.99 Å². The summed E-state index contributed by atoms with van der Waals surface area (Å²) in [5.74, 6) is -5.95. The molecule has 22 N–H and O–H groups in total. The van der Waals surface area contributed by atoms with E-state index >= 15 is 0 Å². The Labute approximate surface area is 406 Å². The third-order valence-corrected chi connectivity index (χ3v) is 11.7. The fourth-order valence-electron chi connectivity index (χ4n) is 7.35. The maximum absolute atomic E-state index is 14.3. The van der Waals surface area contributed by atoms with E-state index in [2.05, 4.69) is 60.2 Å². The lowest BCUT2D eigenvalue weighted by molar-refractivity contribution is -0.136. The summed E-state index contributed by atoms with van der Waals surface area (Å²) in [6.45, 7) is 5.48. The van der Waals surface area contributed by atoms with E-state index in [0.29, 0.717) is 90.5 Å². The van der Waals surface area contributed by atoms with Gasteiger partial charge in [0.25, 0.3) is 0 Å². The number of rotatable bonds is 37. The summed E-state index contributed by atoms with van der Waals surface area (Å²) in [5, 5.41) is 22.2. The highest BCUT2D eigenvalue weighted by Crippen LogP contribution is 2.12. The number of thiol groups is 1. The predicted octanol–water partition coefficient (Wildman–Crippen LogP) is -4.23. The summed E-state index contributed by atoms with van der Waals surface area (Å²) in [4.78, 5) is 113. The van der Waals surface area contributed by atoms with Gasteiger partial charge < -0.3 is 82.7 Å². The molecule has 0 aliphatic carbocycles. The highest BCUT2D eigenvalue weighted by atomic mass is 32.1. The summed E-state index contributed by atoms with van der Waals surface area (Å²) >= 11 is 4.07. The van der Waals surface area contributed by atoms with E-state index in [4.69, 9.17) is 40.1 Å². The fraction of sp³-hybridized carbons (Fsp3) is 0.791. The van der Waals surface area contributed by atoms with Gasteiger partial charge in [0.2, 0.25) is 47.3 Å². The molecule has 1 fully saturated rings. The van der Waals surface area contributed by atoms with Crippen LogP contribution in [-0.4, -0.2) is 147 Å². The molecular formula is C43H84N16O8S. The van der Waals surface area contributed by atoms with Gasteiger partial charge in [0.05, 0.1) is 6.04 Å². The first kappa shape index (κ1) is 61.2. The second-order valence-electron chi connectivity index (χ2n) is 17.4. The van der Waals surface area contributed by atoms with Gasteiger partial charge >= 0.3 is 0 Å². The predicted molar refractivity (Wildman–Crippen MR) is 264 cm³/mol. The van der Waals surface area contributed by atoms with Crippen molar-refractivity contribution in [3.63, 3.8) is 0 Å². The normalized spacial score (nSPS) is 16.4. The third-order valence-electron chi connectivity index (χ3n) is 11.4. The first-order valence-corrected chi connectivity index (χ1v) is 24.7. The smallest absolute Gasteiger partial charge is 0.243 e. The first-order chi connectivity index (χ1) is 32.4. The minimum absolute atomic E-state index is 0.00433. The van der Waals surface area contributed by atoms with Gasteiger partial charge in [-0.15, -0.1) is 0 Å². The van der Waals surface area contributed by atoms with Crippen molar-refractivity contribution in [2.45, 2.75) is 165 Å². The van der Waals surface area contributed by atoms with E-state index in [1.807, 2.05) is 0 Å². The van der Waals surface area contributed by atoms with Crippen LogP contribution in [0.2, 0.25) is 0 Å². The molecule has 1 saturated heterocycles. The van der Waals surface area contributed by atoms with E-state index in [1.54, 1.807) is 13.8 Å². The Kier molecular flexibility index (Phi) is 31.8. The number of carbonyl (C=O) groups excluding carboxylic acids is 8. The number of unbranched alkanes of at least 4 members (excludes halogenated alkanes) is 4. The molecule has 0 aromatic heterocycles. The Hall–Kier alpha value is -4.82. The minimum atomic E-state index is -1.28. The van der Waals surface area contributed by atoms with Crippen LogP contribution in [0.4, 0.5) is 0 Å². The van der Waals surface area contributed by atoms with Crippen molar-refractivity contribution < 1.29 is 38.4 Å². The molecule has 8 atom stereocenters. The maximum Gasteiger partial charge on any atom is 0.243 e. The number of nitrogens with one attached hydrogen (secondary N) is 8. The zero-order valence-corrected chi connectivity index (χ0v) is 41.1. The Bertz CT molecular complexity index is 1600. The number of primary amides is 1. The third kappa shape index (κ3) is 24.5. The van der Waals surface area contributed by atoms with Crippen molar-refractivity contribution in [3.8, 4) is 0 Å². The number of hydrogen-bond donors (Lipinski definition) is 16. The Morgan fingerprint density at radius 2 is 0.897 bits per heavy atom. The topological polar surface area (TPSA) is 427 Å². The second kappa shape index (κ2) is 35.3. The monoisotopic (exact) mass is 985 g/mol. The Morgan fingerprint density at radius 1 is 0.529 bits per heavy atom. The van der Waals surface area contributed by atoms with Crippen LogP contribution in [0.1, 0.15) is 117 Å². The average Bonchev–Trinajstić information content (AvgIpc) is 3.85. The molecule has 25 heteroatoms. The number of nitrogens with two attached hydrogens (primary N) is 7. The highest BCUT2D eigenvalue weighted by molar-refractivity contribution is 7.80. The quantitative estimate of drug-likeness (QED) is 0.0121. The molecule has 24 nitrogen and oxygen atoms in total. The molecule has 0 saturated carbocycles. The van der Waals surface area contributed by atoms with Gasteiger partial charge in [-0.3, -0.25) is 43.3 Å². The Balaban J connectivity index is 3.49. The zero-order chi connectivity index (χ0) is 51.0. The van der Waals surface area contributed by atoms with Crippen LogP contribution in [0.5, 0.6) is 0 Å². The van der Waals surface area contributed by atoms with Crippen molar-refractivity contribution in [1.82, 2.24) is 42.5 Å². The molecule has 0 aromatic rings. The number of nitrogens with zero attached hydrogens (tertiary/aromatic N) is 1. The van der Waals surface area contributed by atoms with Crippen LogP contribution in [0.25, 0.3) is 0 Å². The van der Waals surface area contributed by atoms with E-state index < -0.39 is 95.6 Å². The van der Waals surface area contributed by atoms with Crippen LogP contribution in [0, 0.1) is 5.92 Å². The average molecular weight is 985 g/mol. The fourth-order valence-corrected chi connectivity index (χ4v) is 7.62. The first-order valence-electron chi connectivity index (χ1n) is 24.1. The molecule has 0 bridgehead atoms. The largest absolute Gasteiger partial charge is 0.370 e. The van der Waals surface area contributed by atoms with E-state index in [9.17, 15) is 38.4 Å². The number of amides is 8. The standard InChI is InChI=1S/C43H84N16O8S/c1-26(2)34(42(67)58-33(25-68)35(48)60)59-41(66)31(16-6-10-22-47)56-40(65)32(18-12-24-52-43(49)50)57-39(64)30(15-5-9-21-46)55-38(63)29(14-4-8-20-45)54-37(62)28(13-3-7-19-44)53-36(61)27-17-11-23-51-27/h26-34,51,68H,3-25,44-47H2,1-2H3,(H2,48,60)(H,53,61)(H,54,62)(H,55,63)(H,56,65)(H,57,64)(H,58,67)(H,59,66)(H4,49,50,52). The van der Waals surface area contributed by atoms with Crippen LogP contribution in [0.3, 0.4) is 0 Å². The Morgan fingerprint density at radius 3 is 1.22 bits per heavy atom. The van der Waals surface area contributed by atoms with Crippen molar-refractivity contribution in [2.75, 3.05) is 45.0 Å². The van der Waals surface area contributed by atoms with Crippen LogP contribution >= 0.6 is 12.6 Å². The van der Waals surface area contributed by atoms with E-state index in [1.165, 1.54) is 0 Å². The van der Waals surface area contributed by atoms with Gasteiger partial charge in [0, 0.05) is 12.3 Å². The molecular weight excluding hydrogens is 901 g/mol. The summed E-state index contributed by atoms with van der Waals surface area (Å²) in [6.07, 6.45) is 6.33. The lowest BCUT2D eigenvalue weighted by Crippen LogP contribution is -2.60. The molecule has 1 aliphatic heterocycles. The molecule has 8 amide bonds. The van der Waals surface area contributed by atoms with E-state index in [0.717, 1.165) is 6.42 Å².